The van der Waals surface area contributed by atoms with Crippen molar-refractivity contribution in [3.05, 3.63) is 29.3 Å². The fraction of sp³-hybridized carbons (Fsp3) is 0.300. The second-order valence-electron chi connectivity index (χ2n) is 3.62. The van der Waals surface area contributed by atoms with Gasteiger partial charge in [-0.3, -0.25) is 0 Å². The zero-order chi connectivity index (χ0) is 13.1. The molecule has 0 radical (unpaired) electrons. The first-order valence-electron chi connectivity index (χ1n) is 4.88. The fourth-order valence-corrected chi connectivity index (χ4v) is 3.35. The molecule has 0 heterocycles. The van der Waals surface area contributed by atoms with E-state index in [1.807, 2.05) is 0 Å². The van der Waals surface area contributed by atoms with E-state index < -0.39 is 10.0 Å². The van der Waals surface area contributed by atoms with Gasteiger partial charge in [-0.25, -0.2) is 13.1 Å². The normalized spacial score (nSPS) is 13.3. The Balaban J connectivity index is 2.90. The highest BCUT2D eigenvalue weighted by molar-refractivity contribution is 7.89. The van der Waals surface area contributed by atoms with E-state index in [1.54, 1.807) is 19.1 Å². The maximum Gasteiger partial charge on any atom is 0.242 e. The number of nitrogens with two attached hydrogens (primary N) is 1. The molecule has 1 aromatic rings. The third-order valence-electron chi connectivity index (χ3n) is 1.99. The van der Waals surface area contributed by atoms with Gasteiger partial charge in [-0.15, -0.1) is 0 Å². The van der Waals surface area contributed by atoms with Crippen LogP contribution in [0, 0.1) is 0 Å². The van der Waals surface area contributed by atoms with Crippen LogP contribution in [0.2, 0.25) is 5.02 Å². The van der Waals surface area contributed by atoms with Gasteiger partial charge in [-0.2, -0.15) is 0 Å². The minimum absolute atomic E-state index is 0.0523. The third kappa shape index (κ3) is 4.23. The van der Waals surface area contributed by atoms with Crippen LogP contribution in [0.4, 0.5) is 0 Å². The van der Waals surface area contributed by atoms with Crippen molar-refractivity contribution in [3.63, 3.8) is 0 Å². The van der Waals surface area contributed by atoms with E-state index in [4.69, 9.17) is 29.6 Å². The minimum Gasteiger partial charge on any atom is -0.393 e. The number of hydrogen-bond donors (Lipinski definition) is 2. The zero-order valence-electron chi connectivity index (χ0n) is 9.18. The molecule has 1 rings (SSSR count). The summed E-state index contributed by atoms with van der Waals surface area (Å²) in [6.07, 6.45) is 0.305. The van der Waals surface area contributed by atoms with Crippen molar-refractivity contribution >= 4 is 38.8 Å². The Hall–Kier alpha value is -0.690. The van der Waals surface area contributed by atoms with Gasteiger partial charge in [0.05, 0.1) is 10.0 Å². The van der Waals surface area contributed by atoms with E-state index in [2.05, 4.69) is 4.72 Å². The summed E-state index contributed by atoms with van der Waals surface area (Å²) in [6.45, 7) is 1.69. The van der Waals surface area contributed by atoms with Gasteiger partial charge in [0.1, 0.15) is 4.90 Å². The van der Waals surface area contributed by atoms with Gasteiger partial charge >= 0.3 is 0 Å². The van der Waals surface area contributed by atoms with E-state index in [-0.39, 0.29) is 20.9 Å². The number of sulfonamides is 1. The summed E-state index contributed by atoms with van der Waals surface area (Å²) in [5.41, 5.74) is 5.35. The first-order valence-corrected chi connectivity index (χ1v) is 7.15. The van der Waals surface area contributed by atoms with Gasteiger partial charge in [0.25, 0.3) is 0 Å². The number of hydrogen-bond acceptors (Lipinski definition) is 3. The maximum absolute atomic E-state index is 12.0. The Morgan fingerprint density at radius 1 is 1.53 bits per heavy atom. The number of thiocarbonyl (C=S) groups is 1. The molecule has 0 saturated carbocycles. The summed E-state index contributed by atoms with van der Waals surface area (Å²) in [4.78, 5) is 0.316. The number of benzene rings is 1. The van der Waals surface area contributed by atoms with Crippen LogP contribution in [-0.4, -0.2) is 19.4 Å². The van der Waals surface area contributed by atoms with Gasteiger partial charge in [-0.05, 0) is 19.1 Å². The van der Waals surface area contributed by atoms with Crippen LogP contribution in [0.25, 0.3) is 0 Å². The molecule has 0 aliphatic rings. The second kappa shape index (κ2) is 5.77. The van der Waals surface area contributed by atoms with Crippen molar-refractivity contribution in [3.8, 4) is 0 Å². The van der Waals surface area contributed by atoms with Crippen LogP contribution in [0.3, 0.4) is 0 Å². The molecule has 0 fully saturated rings. The van der Waals surface area contributed by atoms with Gasteiger partial charge in [-0.1, -0.05) is 36.0 Å². The Morgan fingerprint density at radius 3 is 2.65 bits per heavy atom. The van der Waals surface area contributed by atoms with Crippen LogP contribution < -0.4 is 10.5 Å². The van der Waals surface area contributed by atoms with Crippen molar-refractivity contribution in [2.75, 3.05) is 0 Å². The highest BCUT2D eigenvalue weighted by Gasteiger charge is 2.20. The van der Waals surface area contributed by atoms with E-state index in [9.17, 15) is 8.42 Å². The van der Waals surface area contributed by atoms with E-state index in [0.29, 0.717) is 6.42 Å². The molecule has 7 heteroatoms. The van der Waals surface area contributed by atoms with Crippen molar-refractivity contribution in [1.82, 2.24) is 4.72 Å². The first kappa shape index (κ1) is 14.4. The van der Waals surface area contributed by atoms with Crippen LogP contribution in [0.15, 0.2) is 29.2 Å². The molecule has 94 valence electrons. The molecule has 17 heavy (non-hydrogen) atoms. The lowest BCUT2D eigenvalue weighted by molar-refractivity contribution is 0.565. The van der Waals surface area contributed by atoms with Crippen LogP contribution >= 0.6 is 23.8 Å². The van der Waals surface area contributed by atoms with Crippen molar-refractivity contribution < 1.29 is 8.42 Å². The largest absolute Gasteiger partial charge is 0.393 e. The Morgan fingerprint density at radius 2 is 2.12 bits per heavy atom. The molecule has 0 saturated heterocycles. The molecule has 0 spiro atoms. The molecule has 0 bridgehead atoms. The lowest BCUT2D eigenvalue weighted by Crippen LogP contribution is -2.35. The van der Waals surface area contributed by atoms with E-state index >= 15 is 0 Å². The number of halogens is 1. The monoisotopic (exact) mass is 292 g/mol. The molecule has 3 N–H and O–H groups in total. The highest BCUT2D eigenvalue weighted by Crippen LogP contribution is 2.20. The average molecular weight is 293 g/mol. The molecule has 1 aromatic carbocycles. The summed E-state index contributed by atoms with van der Waals surface area (Å²) in [5, 5.41) is 0.183. The topological polar surface area (TPSA) is 72.2 Å². The van der Waals surface area contributed by atoms with Gasteiger partial charge in [0.15, 0.2) is 0 Å². The second-order valence-corrected chi connectivity index (χ2v) is 6.24. The summed E-state index contributed by atoms with van der Waals surface area (Å²) in [7, 11) is -3.63. The fourth-order valence-electron chi connectivity index (χ4n) is 1.33. The molecule has 1 unspecified atom stereocenters. The summed E-state index contributed by atoms with van der Waals surface area (Å²) >= 11 is 10.5. The third-order valence-corrected chi connectivity index (χ3v) is 4.25. The maximum atomic E-state index is 12.0. The molecule has 0 aliphatic carbocycles. The standard InChI is InChI=1S/C10H13ClN2O2S2/c1-7(6-10(12)16)13-17(14,15)9-5-3-2-4-8(9)11/h2-5,7,13H,6H2,1H3,(H2,12,16). The summed E-state index contributed by atoms with van der Waals surface area (Å²) < 4.78 is 26.4. The van der Waals surface area contributed by atoms with Crippen molar-refractivity contribution in [1.29, 1.82) is 0 Å². The Labute approximate surface area is 111 Å². The molecule has 0 aromatic heterocycles. The van der Waals surface area contributed by atoms with E-state index in [1.165, 1.54) is 12.1 Å². The molecule has 0 aliphatic heterocycles. The quantitative estimate of drug-likeness (QED) is 0.810. The first-order chi connectivity index (χ1) is 7.83. The predicted molar refractivity (Wildman–Crippen MR) is 72.6 cm³/mol. The van der Waals surface area contributed by atoms with E-state index in [0.717, 1.165) is 0 Å². The molecule has 4 nitrogen and oxygen atoms in total. The number of rotatable bonds is 5. The summed E-state index contributed by atoms with van der Waals surface area (Å²) in [5.74, 6) is 0. The van der Waals surface area contributed by atoms with Gasteiger partial charge < -0.3 is 5.73 Å². The van der Waals surface area contributed by atoms with Gasteiger partial charge in [0, 0.05) is 12.5 Å². The lowest BCUT2D eigenvalue weighted by Gasteiger charge is -2.14. The Bertz CT molecular complexity index is 517. The predicted octanol–water partition coefficient (Wildman–Crippen LogP) is 1.68. The van der Waals surface area contributed by atoms with Crippen molar-refractivity contribution in [2.24, 2.45) is 5.73 Å². The van der Waals surface area contributed by atoms with Crippen LogP contribution in [0.1, 0.15) is 13.3 Å². The average Bonchev–Trinajstić information content (AvgIpc) is 2.15. The zero-order valence-corrected chi connectivity index (χ0v) is 11.6. The Kier molecular flexibility index (Phi) is 4.88. The minimum atomic E-state index is -3.63. The SMILES string of the molecule is CC(CC(N)=S)NS(=O)(=O)c1ccccc1Cl. The lowest BCUT2D eigenvalue weighted by atomic mass is 10.3. The smallest absolute Gasteiger partial charge is 0.242 e. The highest BCUT2D eigenvalue weighted by atomic mass is 35.5. The summed E-state index contributed by atoms with van der Waals surface area (Å²) in [6, 6.07) is 5.87. The van der Waals surface area contributed by atoms with Gasteiger partial charge in [0.2, 0.25) is 10.0 Å². The van der Waals surface area contributed by atoms with Crippen molar-refractivity contribution in [2.45, 2.75) is 24.3 Å². The molecule has 1 atom stereocenters. The molecular weight excluding hydrogens is 280 g/mol. The van der Waals surface area contributed by atoms with Crippen LogP contribution in [0.5, 0.6) is 0 Å². The van der Waals surface area contributed by atoms with Crippen LogP contribution in [-0.2, 0) is 10.0 Å². The molecular formula is C10H13ClN2O2S2. The number of nitrogens with one attached hydrogen (secondary N) is 1. The molecule has 0 amide bonds.